The maximum Gasteiger partial charge on any atom is 0.0525 e. The molecule has 0 fully saturated rings. The third-order valence-electron chi connectivity index (χ3n) is 1.89. The van der Waals surface area contributed by atoms with Crippen LogP contribution in [0.4, 0.5) is 0 Å². The molecule has 1 nitrogen and oxygen atoms in total. The molecule has 0 radical (unpaired) electrons. The molecule has 1 rings (SSSR count). The highest BCUT2D eigenvalue weighted by Crippen LogP contribution is 2.27. The van der Waals surface area contributed by atoms with Crippen LogP contribution in [-0.2, 0) is 0 Å². The Morgan fingerprint density at radius 3 is 3.00 bits per heavy atom. The van der Waals surface area contributed by atoms with E-state index in [2.05, 4.69) is 45.5 Å². The molecule has 0 aromatic carbocycles. The van der Waals surface area contributed by atoms with E-state index in [0.29, 0.717) is 6.04 Å². The number of terminal acetylenes is 1. The number of hydrogen-bond donors (Lipinski definition) is 1. The summed E-state index contributed by atoms with van der Waals surface area (Å²) in [5, 5.41) is 5.54. The van der Waals surface area contributed by atoms with Crippen LogP contribution in [0.3, 0.4) is 0 Å². The molecule has 14 heavy (non-hydrogen) atoms. The Hall–Kier alpha value is -0.300. The molecular weight excluding hydrogens is 258 g/mol. The van der Waals surface area contributed by atoms with Gasteiger partial charge in [-0.3, -0.25) is 0 Å². The van der Waals surface area contributed by atoms with Crippen molar-refractivity contribution in [2.45, 2.75) is 25.8 Å². The lowest BCUT2D eigenvalue weighted by atomic mass is 10.2. The van der Waals surface area contributed by atoms with Gasteiger partial charge >= 0.3 is 0 Å². The molecule has 3 heteroatoms. The Balaban J connectivity index is 2.63. The molecule has 0 aliphatic carbocycles. The molecule has 1 N–H and O–H groups in total. The van der Waals surface area contributed by atoms with E-state index in [4.69, 9.17) is 6.42 Å². The maximum absolute atomic E-state index is 5.35. The number of halogens is 1. The first-order chi connectivity index (χ1) is 6.77. The van der Waals surface area contributed by atoms with Gasteiger partial charge in [0.25, 0.3) is 0 Å². The fraction of sp³-hybridized carbons (Fsp3) is 0.455. The van der Waals surface area contributed by atoms with Crippen molar-refractivity contribution in [3.05, 3.63) is 20.8 Å². The highest BCUT2D eigenvalue weighted by molar-refractivity contribution is 9.10. The second-order valence-electron chi connectivity index (χ2n) is 3.08. The van der Waals surface area contributed by atoms with Gasteiger partial charge in [0.15, 0.2) is 0 Å². The predicted octanol–water partition coefficient (Wildman–Crippen LogP) is 3.57. The van der Waals surface area contributed by atoms with Crippen molar-refractivity contribution in [3.8, 4) is 12.3 Å². The van der Waals surface area contributed by atoms with Gasteiger partial charge in [-0.1, -0.05) is 6.92 Å². The van der Waals surface area contributed by atoms with Crippen LogP contribution in [0.2, 0.25) is 0 Å². The Kier molecular flexibility index (Phi) is 5.24. The summed E-state index contributed by atoms with van der Waals surface area (Å²) in [5.41, 5.74) is 0. The average molecular weight is 272 g/mol. The van der Waals surface area contributed by atoms with E-state index in [1.807, 2.05) is 0 Å². The van der Waals surface area contributed by atoms with Crippen LogP contribution < -0.4 is 5.32 Å². The summed E-state index contributed by atoms with van der Waals surface area (Å²) in [5.74, 6) is 2.71. The summed E-state index contributed by atoms with van der Waals surface area (Å²) in [6.45, 7) is 3.17. The van der Waals surface area contributed by atoms with Crippen LogP contribution in [0, 0.1) is 12.3 Å². The molecule has 0 saturated heterocycles. The van der Waals surface area contributed by atoms with Crippen LogP contribution in [-0.4, -0.2) is 6.54 Å². The molecular formula is C11H14BrNS. The minimum Gasteiger partial charge on any atom is -0.308 e. The molecule has 1 atom stereocenters. The lowest BCUT2D eigenvalue weighted by Gasteiger charge is -2.13. The molecule has 0 spiro atoms. The van der Waals surface area contributed by atoms with Crippen molar-refractivity contribution in [2.75, 3.05) is 6.54 Å². The monoisotopic (exact) mass is 271 g/mol. The lowest BCUT2D eigenvalue weighted by molar-refractivity contribution is 0.550. The average Bonchev–Trinajstić information content (AvgIpc) is 2.59. The normalized spacial score (nSPS) is 12.4. The minimum absolute atomic E-state index is 0.316. The van der Waals surface area contributed by atoms with Crippen LogP contribution >= 0.6 is 27.3 Å². The summed E-state index contributed by atoms with van der Waals surface area (Å²) in [4.78, 5) is 1.31. The molecule has 1 aromatic heterocycles. The van der Waals surface area contributed by atoms with Crippen LogP contribution in [0.25, 0.3) is 0 Å². The summed E-state index contributed by atoms with van der Waals surface area (Å²) >= 11 is 5.19. The summed E-state index contributed by atoms with van der Waals surface area (Å²) < 4.78 is 1.14. The van der Waals surface area contributed by atoms with Gasteiger partial charge < -0.3 is 5.32 Å². The van der Waals surface area contributed by atoms with Gasteiger partial charge in [0.2, 0.25) is 0 Å². The largest absolute Gasteiger partial charge is 0.308 e. The second kappa shape index (κ2) is 6.23. The van der Waals surface area contributed by atoms with E-state index in [1.54, 1.807) is 11.3 Å². The Morgan fingerprint density at radius 1 is 1.71 bits per heavy atom. The van der Waals surface area contributed by atoms with Crippen molar-refractivity contribution in [3.63, 3.8) is 0 Å². The van der Waals surface area contributed by atoms with E-state index in [-0.39, 0.29) is 0 Å². The SMILES string of the molecule is C#CCC(NCCC)c1cc(Br)cs1. The fourth-order valence-corrected chi connectivity index (χ4v) is 2.74. The van der Waals surface area contributed by atoms with E-state index in [0.717, 1.165) is 23.9 Å². The van der Waals surface area contributed by atoms with Gasteiger partial charge in [-0.15, -0.1) is 23.7 Å². The molecule has 1 aromatic rings. The summed E-state index contributed by atoms with van der Waals surface area (Å²) in [7, 11) is 0. The van der Waals surface area contributed by atoms with Gasteiger partial charge in [-0.2, -0.15) is 0 Å². The smallest absolute Gasteiger partial charge is 0.0525 e. The van der Waals surface area contributed by atoms with Gasteiger partial charge in [-0.05, 0) is 35.0 Å². The highest BCUT2D eigenvalue weighted by atomic mass is 79.9. The van der Waals surface area contributed by atoms with Gasteiger partial charge in [0.05, 0.1) is 6.04 Å². The van der Waals surface area contributed by atoms with Crippen molar-refractivity contribution in [1.29, 1.82) is 0 Å². The number of hydrogen-bond acceptors (Lipinski definition) is 2. The van der Waals surface area contributed by atoms with Crippen molar-refractivity contribution in [1.82, 2.24) is 5.32 Å². The molecule has 0 saturated carbocycles. The second-order valence-corrected chi connectivity index (χ2v) is 4.94. The molecule has 76 valence electrons. The molecule has 0 aliphatic heterocycles. The minimum atomic E-state index is 0.316. The standard InChI is InChI=1S/C11H14BrNS/c1-3-5-10(13-6-4-2)11-7-9(12)8-14-11/h1,7-8,10,13H,4-6H2,2H3. The summed E-state index contributed by atoms with van der Waals surface area (Å²) in [6, 6.07) is 2.45. The Morgan fingerprint density at radius 2 is 2.50 bits per heavy atom. The molecule has 0 bridgehead atoms. The highest BCUT2D eigenvalue weighted by Gasteiger charge is 2.10. The van der Waals surface area contributed by atoms with Crippen molar-refractivity contribution in [2.24, 2.45) is 0 Å². The van der Waals surface area contributed by atoms with E-state index in [1.165, 1.54) is 4.88 Å². The Bertz CT molecular complexity index is 313. The van der Waals surface area contributed by atoms with Crippen molar-refractivity contribution < 1.29 is 0 Å². The zero-order chi connectivity index (χ0) is 10.4. The van der Waals surface area contributed by atoms with Gasteiger partial charge in [-0.25, -0.2) is 0 Å². The van der Waals surface area contributed by atoms with Crippen LogP contribution in [0.5, 0.6) is 0 Å². The number of thiophene rings is 1. The fourth-order valence-electron chi connectivity index (χ4n) is 1.22. The first-order valence-corrected chi connectivity index (χ1v) is 6.36. The topological polar surface area (TPSA) is 12.0 Å². The predicted molar refractivity (Wildman–Crippen MR) is 66.5 cm³/mol. The van der Waals surface area contributed by atoms with Gasteiger partial charge in [0, 0.05) is 21.2 Å². The zero-order valence-corrected chi connectivity index (χ0v) is 10.6. The maximum atomic E-state index is 5.35. The molecule has 1 heterocycles. The number of rotatable bonds is 5. The zero-order valence-electron chi connectivity index (χ0n) is 8.22. The molecule has 0 amide bonds. The van der Waals surface area contributed by atoms with Crippen LogP contribution in [0.15, 0.2) is 15.9 Å². The number of nitrogens with one attached hydrogen (secondary N) is 1. The molecule has 0 aliphatic rings. The molecule has 1 unspecified atom stereocenters. The lowest BCUT2D eigenvalue weighted by Crippen LogP contribution is -2.20. The van der Waals surface area contributed by atoms with Crippen molar-refractivity contribution >= 4 is 27.3 Å². The van der Waals surface area contributed by atoms with E-state index < -0.39 is 0 Å². The Labute approximate surface area is 98.0 Å². The third kappa shape index (κ3) is 3.45. The van der Waals surface area contributed by atoms with Crippen LogP contribution in [0.1, 0.15) is 30.7 Å². The quantitative estimate of drug-likeness (QED) is 0.808. The van der Waals surface area contributed by atoms with E-state index >= 15 is 0 Å². The summed E-state index contributed by atoms with van der Waals surface area (Å²) in [6.07, 6.45) is 7.24. The van der Waals surface area contributed by atoms with E-state index in [9.17, 15) is 0 Å². The first-order valence-electron chi connectivity index (χ1n) is 4.68. The third-order valence-corrected chi connectivity index (χ3v) is 3.70. The first kappa shape index (κ1) is 11.8. The van der Waals surface area contributed by atoms with Gasteiger partial charge in [0.1, 0.15) is 0 Å².